The molecular weight excluding hydrogens is 259 g/mol. The maximum atomic E-state index is 13.4. The monoisotopic (exact) mass is 268 g/mol. The third-order valence-corrected chi connectivity index (χ3v) is 2.45. The van der Waals surface area contributed by atoms with E-state index in [0.717, 1.165) is 0 Å². The van der Waals surface area contributed by atoms with Crippen LogP contribution in [0.3, 0.4) is 0 Å². The molecule has 0 aliphatic heterocycles. The first-order chi connectivity index (χ1) is 8.60. The molecule has 18 heavy (non-hydrogen) atoms. The van der Waals surface area contributed by atoms with Gasteiger partial charge in [0, 0.05) is 11.3 Å². The molecule has 7 heteroatoms. The highest BCUT2D eigenvalue weighted by Gasteiger charge is 2.08. The number of nitrogens with zero attached hydrogens (tertiary/aromatic N) is 3. The molecule has 1 aromatic carbocycles. The second-order valence-corrected chi connectivity index (χ2v) is 3.79. The van der Waals surface area contributed by atoms with E-state index in [1.165, 1.54) is 13.2 Å². The Morgan fingerprint density at radius 3 is 2.78 bits per heavy atom. The van der Waals surface area contributed by atoms with E-state index in [0.29, 0.717) is 11.3 Å². The normalized spacial score (nSPS) is 10.2. The van der Waals surface area contributed by atoms with Crippen LogP contribution in [0.4, 0.5) is 16.0 Å². The maximum Gasteiger partial charge on any atom is 0.322 e. The lowest BCUT2D eigenvalue weighted by Gasteiger charge is -2.09. The molecule has 0 fully saturated rings. The first-order valence-corrected chi connectivity index (χ1v) is 5.45. The molecule has 0 spiro atoms. The Morgan fingerprint density at radius 2 is 2.06 bits per heavy atom. The SMILES string of the molecule is COc1nc(Cl)nc(Nc2cccc(F)c2C)n1. The van der Waals surface area contributed by atoms with Crippen LogP contribution in [0.5, 0.6) is 6.01 Å². The summed E-state index contributed by atoms with van der Waals surface area (Å²) < 4.78 is 18.2. The lowest BCUT2D eigenvalue weighted by Crippen LogP contribution is -2.03. The summed E-state index contributed by atoms with van der Waals surface area (Å²) in [6.45, 7) is 1.65. The number of hydrogen-bond acceptors (Lipinski definition) is 5. The Morgan fingerprint density at radius 1 is 1.28 bits per heavy atom. The third-order valence-electron chi connectivity index (χ3n) is 2.28. The highest BCUT2D eigenvalue weighted by Crippen LogP contribution is 2.21. The quantitative estimate of drug-likeness (QED) is 0.927. The third kappa shape index (κ3) is 2.65. The van der Waals surface area contributed by atoms with Crippen molar-refractivity contribution in [3.05, 3.63) is 34.9 Å². The number of aromatic nitrogens is 3. The van der Waals surface area contributed by atoms with Crippen molar-refractivity contribution in [2.75, 3.05) is 12.4 Å². The molecule has 0 aliphatic carbocycles. The van der Waals surface area contributed by atoms with Crippen molar-refractivity contribution in [3.8, 4) is 6.01 Å². The number of methoxy groups -OCH3 is 1. The van der Waals surface area contributed by atoms with Crippen LogP contribution in [0.1, 0.15) is 5.56 Å². The van der Waals surface area contributed by atoms with E-state index in [4.69, 9.17) is 16.3 Å². The van der Waals surface area contributed by atoms with E-state index in [1.807, 2.05) is 0 Å². The Balaban J connectivity index is 2.34. The molecule has 1 N–H and O–H groups in total. The van der Waals surface area contributed by atoms with Gasteiger partial charge in [0.25, 0.3) is 0 Å². The first kappa shape index (κ1) is 12.5. The van der Waals surface area contributed by atoms with E-state index in [9.17, 15) is 4.39 Å². The Kier molecular flexibility index (Phi) is 3.57. The van der Waals surface area contributed by atoms with Crippen molar-refractivity contribution in [3.63, 3.8) is 0 Å². The summed E-state index contributed by atoms with van der Waals surface area (Å²) in [6.07, 6.45) is 0. The van der Waals surface area contributed by atoms with E-state index in [2.05, 4.69) is 20.3 Å². The Hall–Kier alpha value is -1.95. The van der Waals surface area contributed by atoms with E-state index in [1.54, 1.807) is 19.1 Å². The van der Waals surface area contributed by atoms with Gasteiger partial charge in [0.2, 0.25) is 11.2 Å². The van der Waals surface area contributed by atoms with Gasteiger partial charge in [0.05, 0.1) is 7.11 Å². The fraction of sp³-hybridized carbons (Fsp3) is 0.182. The van der Waals surface area contributed by atoms with Crippen LogP contribution < -0.4 is 10.1 Å². The number of benzene rings is 1. The zero-order chi connectivity index (χ0) is 13.1. The average Bonchev–Trinajstić information content (AvgIpc) is 2.34. The highest BCUT2D eigenvalue weighted by atomic mass is 35.5. The van der Waals surface area contributed by atoms with Gasteiger partial charge in [0.15, 0.2) is 0 Å². The van der Waals surface area contributed by atoms with Crippen molar-refractivity contribution in [1.82, 2.24) is 15.0 Å². The number of anilines is 2. The Labute approximate surface area is 108 Å². The zero-order valence-corrected chi connectivity index (χ0v) is 10.5. The minimum atomic E-state index is -0.313. The summed E-state index contributed by atoms with van der Waals surface area (Å²) in [6, 6.07) is 4.76. The predicted molar refractivity (Wildman–Crippen MR) is 65.8 cm³/mol. The molecule has 5 nitrogen and oxygen atoms in total. The number of hydrogen-bond donors (Lipinski definition) is 1. The average molecular weight is 269 g/mol. The number of rotatable bonds is 3. The highest BCUT2D eigenvalue weighted by molar-refractivity contribution is 6.28. The van der Waals surface area contributed by atoms with Crippen LogP contribution in [0.25, 0.3) is 0 Å². The molecule has 94 valence electrons. The van der Waals surface area contributed by atoms with Gasteiger partial charge in [-0.25, -0.2) is 4.39 Å². The van der Waals surface area contributed by atoms with E-state index >= 15 is 0 Å². The number of nitrogens with one attached hydrogen (secondary N) is 1. The smallest absolute Gasteiger partial charge is 0.322 e. The Bertz CT molecular complexity index is 579. The molecule has 2 aromatic rings. The molecule has 1 aromatic heterocycles. The molecule has 0 saturated carbocycles. The zero-order valence-electron chi connectivity index (χ0n) is 9.74. The molecule has 2 rings (SSSR count). The second-order valence-electron chi connectivity index (χ2n) is 3.45. The van der Waals surface area contributed by atoms with Crippen LogP contribution in [0.2, 0.25) is 5.28 Å². The van der Waals surface area contributed by atoms with Gasteiger partial charge < -0.3 is 10.1 Å². The van der Waals surface area contributed by atoms with Gasteiger partial charge in [-0.1, -0.05) is 6.07 Å². The van der Waals surface area contributed by atoms with E-state index in [-0.39, 0.29) is 23.1 Å². The van der Waals surface area contributed by atoms with Crippen LogP contribution in [0, 0.1) is 12.7 Å². The van der Waals surface area contributed by atoms with Crippen molar-refractivity contribution < 1.29 is 9.13 Å². The van der Waals surface area contributed by atoms with Crippen LogP contribution in [-0.2, 0) is 0 Å². The van der Waals surface area contributed by atoms with E-state index < -0.39 is 0 Å². The minimum Gasteiger partial charge on any atom is -0.467 e. The topological polar surface area (TPSA) is 59.9 Å². The van der Waals surface area contributed by atoms with Crippen molar-refractivity contribution in [1.29, 1.82) is 0 Å². The van der Waals surface area contributed by atoms with Crippen LogP contribution in [-0.4, -0.2) is 22.1 Å². The molecule has 0 radical (unpaired) electrons. The number of halogens is 2. The van der Waals surface area contributed by atoms with Crippen molar-refractivity contribution in [2.45, 2.75) is 6.92 Å². The number of ether oxygens (including phenoxy) is 1. The van der Waals surface area contributed by atoms with Gasteiger partial charge in [-0.05, 0) is 30.7 Å². The van der Waals surface area contributed by atoms with Crippen LogP contribution >= 0.6 is 11.6 Å². The van der Waals surface area contributed by atoms with Gasteiger partial charge in [0.1, 0.15) is 5.82 Å². The summed E-state index contributed by atoms with van der Waals surface area (Å²) >= 11 is 5.71. The van der Waals surface area contributed by atoms with Gasteiger partial charge in [-0.15, -0.1) is 0 Å². The van der Waals surface area contributed by atoms with Gasteiger partial charge in [-0.2, -0.15) is 15.0 Å². The summed E-state index contributed by atoms with van der Waals surface area (Å²) in [4.78, 5) is 11.6. The maximum absolute atomic E-state index is 13.4. The van der Waals surface area contributed by atoms with Crippen molar-refractivity contribution >= 4 is 23.2 Å². The van der Waals surface area contributed by atoms with Gasteiger partial charge >= 0.3 is 6.01 Å². The van der Waals surface area contributed by atoms with Gasteiger partial charge in [-0.3, -0.25) is 0 Å². The molecule has 0 amide bonds. The van der Waals surface area contributed by atoms with Crippen LogP contribution in [0.15, 0.2) is 18.2 Å². The molecule has 0 aliphatic rings. The lowest BCUT2D eigenvalue weighted by molar-refractivity contribution is 0.379. The standard InChI is InChI=1S/C11H10ClFN4O/c1-6-7(13)4-3-5-8(6)14-10-15-9(12)16-11(17-10)18-2/h3-5H,1-2H3,(H,14,15,16,17). The largest absolute Gasteiger partial charge is 0.467 e. The minimum absolute atomic E-state index is 0.00148. The molecule has 1 heterocycles. The lowest BCUT2D eigenvalue weighted by atomic mass is 10.2. The first-order valence-electron chi connectivity index (χ1n) is 5.08. The molecule has 0 atom stereocenters. The summed E-state index contributed by atoms with van der Waals surface area (Å²) in [5.41, 5.74) is 1.02. The fourth-order valence-electron chi connectivity index (χ4n) is 1.34. The molecule has 0 bridgehead atoms. The summed E-state index contributed by atoms with van der Waals surface area (Å²) in [7, 11) is 1.42. The second kappa shape index (κ2) is 5.14. The molecule has 0 saturated heterocycles. The summed E-state index contributed by atoms with van der Waals surface area (Å²) in [5.74, 6) is -0.118. The van der Waals surface area contributed by atoms with Crippen molar-refractivity contribution in [2.24, 2.45) is 0 Å². The fourth-order valence-corrected chi connectivity index (χ4v) is 1.49. The summed E-state index contributed by atoms with van der Waals surface area (Å²) in [5, 5.41) is 2.86. The molecule has 0 unspecified atom stereocenters. The molecular formula is C11H10ClFN4O. The predicted octanol–water partition coefficient (Wildman–Crippen LogP) is 2.72.